The highest BCUT2D eigenvalue weighted by Crippen LogP contribution is 2.29. The van der Waals surface area contributed by atoms with E-state index in [2.05, 4.69) is 13.8 Å². The Morgan fingerprint density at radius 1 is 1.00 bits per heavy atom. The van der Waals surface area contributed by atoms with Crippen LogP contribution < -0.4 is 9.47 Å². The second-order valence-electron chi connectivity index (χ2n) is 8.06. The van der Waals surface area contributed by atoms with Gasteiger partial charge in [0.1, 0.15) is 6.61 Å². The smallest absolute Gasteiger partial charge is 0.338 e. The molecule has 31 heavy (non-hydrogen) atoms. The minimum Gasteiger partial charge on any atom is -0.493 e. The largest absolute Gasteiger partial charge is 0.493 e. The van der Waals surface area contributed by atoms with Gasteiger partial charge in [-0.25, -0.2) is 13.2 Å². The summed E-state index contributed by atoms with van der Waals surface area (Å²) in [6.07, 6.45) is 1.01. The highest BCUT2D eigenvalue weighted by Gasteiger charge is 2.32. The summed E-state index contributed by atoms with van der Waals surface area (Å²) in [7, 11) is -0.596. The number of hydrogen-bond acceptors (Lipinski definition) is 6. The fraction of sp³-hybridized carbons (Fsp3) is 0.435. The molecule has 1 aliphatic heterocycles. The fourth-order valence-electron chi connectivity index (χ4n) is 3.94. The molecular formula is C23H29NO6S. The first-order valence-corrected chi connectivity index (χ1v) is 11.7. The van der Waals surface area contributed by atoms with Crippen LogP contribution in [0.3, 0.4) is 0 Å². The molecule has 0 amide bonds. The van der Waals surface area contributed by atoms with Gasteiger partial charge in [-0.2, -0.15) is 4.31 Å². The zero-order chi connectivity index (χ0) is 22.6. The van der Waals surface area contributed by atoms with E-state index in [1.54, 1.807) is 37.4 Å². The molecule has 168 valence electrons. The third-order valence-electron chi connectivity index (χ3n) is 5.36. The molecule has 7 nitrogen and oxygen atoms in total. The molecule has 1 saturated heterocycles. The van der Waals surface area contributed by atoms with Crippen LogP contribution in [0.5, 0.6) is 11.5 Å². The predicted octanol–water partition coefficient (Wildman–Crippen LogP) is 3.73. The number of esters is 1. The fourth-order valence-corrected chi connectivity index (χ4v) is 5.66. The Hall–Kier alpha value is -2.58. The highest BCUT2D eigenvalue weighted by atomic mass is 32.2. The van der Waals surface area contributed by atoms with E-state index in [4.69, 9.17) is 14.2 Å². The highest BCUT2D eigenvalue weighted by molar-refractivity contribution is 7.89. The Morgan fingerprint density at radius 2 is 1.68 bits per heavy atom. The minimum atomic E-state index is -3.67. The standard InChI is InChI=1S/C23H29NO6S/c1-16-10-17(2)14-24(13-16)31(26,27)20-7-5-6-19(12-20)23(25)30-15-18-8-9-21(28-3)22(11-18)29-4/h5-9,11-12,16-17H,10,13-15H2,1-4H3/t16-,17+. The van der Waals surface area contributed by atoms with Crippen molar-refractivity contribution in [2.45, 2.75) is 31.8 Å². The van der Waals surface area contributed by atoms with Gasteiger partial charge in [0.2, 0.25) is 10.0 Å². The first-order chi connectivity index (χ1) is 14.7. The van der Waals surface area contributed by atoms with E-state index in [9.17, 15) is 13.2 Å². The number of methoxy groups -OCH3 is 2. The number of ether oxygens (including phenoxy) is 3. The predicted molar refractivity (Wildman–Crippen MR) is 117 cm³/mol. The van der Waals surface area contributed by atoms with Crippen molar-refractivity contribution < 1.29 is 27.4 Å². The van der Waals surface area contributed by atoms with Gasteiger partial charge < -0.3 is 14.2 Å². The average molecular weight is 448 g/mol. The first-order valence-electron chi connectivity index (χ1n) is 10.2. The summed E-state index contributed by atoms with van der Waals surface area (Å²) in [5, 5.41) is 0. The summed E-state index contributed by atoms with van der Waals surface area (Å²) in [4.78, 5) is 12.7. The Bertz CT molecular complexity index is 1030. The number of sulfonamides is 1. The third-order valence-corrected chi connectivity index (χ3v) is 7.19. The van der Waals surface area contributed by atoms with Gasteiger partial charge in [-0.3, -0.25) is 0 Å². The van der Waals surface area contributed by atoms with Gasteiger partial charge in [-0.15, -0.1) is 0 Å². The topological polar surface area (TPSA) is 82.1 Å². The number of piperidine rings is 1. The van der Waals surface area contributed by atoms with Crippen molar-refractivity contribution in [3.8, 4) is 11.5 Å². The molecule has 0 unspecified atom stereocenters. The van der Waals surface area contributed by atoms with Crippen molar-refractivity contribution in [2.24, 2.45) is 11.8 Å². The van der Waals surface area contributed by atoms with Crippen LogP contribution in [0.1, 0.15) is 36.2 Å². The quantitative estimate of drug-likeness (QED) is 0.602. The van der Waals surface area contributed by atoms with Crippen molar-refractivity contribution >= 4 is 16.0 Å². The lowest BCUT2D eigenvalue weighted by molar-refractivity contribution is 0.0472. The summed E-state index contributed by atoms with van der Waals surface area (Å²) in [6, 6.07) is 11.3. The van der Waals surface area contributed by atoms with Gasteiger partial charge in [0.25, 0.3) is 0 Å². The molecule has 0 radical (unpaired) electrons. The molecule has 8 heteroatoms. The number of hydrogen-bond donors (Lipinski definition) is 0. The van der Waals surface area contributed by atoms with Crippen LogP contribution in [0.4, 0.5) is 0 Å². The molecule has 2 aromatic carbocycles. The molecule has 0 aliphatic carbocycles. The summed E-state index contributed by atoms with van der Waals surface area (Å²) in [5.41, 5.74) is 0.922. The Kier molecular flexibility index (Phi) is 7.23. The molecule has 0 saturated carbocycles. The van der Waals surface area contributed by atoms with E-state index in [0.29, 0.717) is 36.4 Å². The van der Waals surface area contributed by atoms with E-state index >= 15 is 0 Å². The molecule has 1 heterocycles. The Balaban J connectivity index is 1.73. The molecule has 0 spiro atoms. The van der Waals surface area contributed by atoms with Crippen molar-refractivity contribution in [2.75, 3.05) is 27.3 Å². The molecule has 0 aromatic heterocycles. The Labute approximate surface area is 184 Å². The first kappa shape index (κ1) is 23.1. The van der Waals surface area contributed by atoms with Crippen LogP contribution in [0, 0.1) is 11.8 Å². The Morgan fingerprint density at radius 3 is 2.32 bits per heavy atom. The number of rotatable bonds is 7. The molecule has 0 N–H and O–H groups in total. The SMILES string of the molecule is COc1ccc(COC(=O)c2cccc(S(=O)(=O)N3C[C@H](C)C[C@H](C)C3)c2)cc1OC. The molecule has 1 aliphatic rings. The van der Waals surface area contributed by atoms with E-state index in [1.165, 1.54) is 23.5 Å². The maximum Gasteiger partial charge on any atom is 0.338 e. The zero-order valence-corrected chi connectivity index (χ0v) is 19.1. The summed E-state index contributed by atoms with van der Waals surface area (Å²) < 4.78 is 43.6. The third kappa shape index (κ3) is 5.37. The number of carbonyl (C=O) groups is 1. The van der Waals surface area contributed by atoms with E-state index in [0.717, 1.165) is 12.0 Å². The van der Waals surface area contributed by atoms with Crippen molar-refractivity contribution in [1.82, 2.24) is 4.31 Å². The van der Waals surface area contributed by atoms with Gasteiger partial charge >= 0.3 is 5.97 Å². The van der Waals surface area contributed by atoms with Crippen molar-refractivity contribution in [3.05, 3.63) is 53.6 Å². The van der Waals surface area contributed by atoms with Crippen LogP contribution in [0.2, 0.25) is 0 Å². The van der Waals surface area contributed by atoms with E-state index in [-0.39, 0.29) is 17.1 Å². The maximum atomic E-state index is 13.1. The molecule has 0 bridgehead atoms. The van der Waals surface area contributed by atoms with Crippen LogP contribution in [-0.4, -0.2) is 46.0 Å². The minimum absolute atomic E-state index is 0.0251. The van der Waals surface area contributed by atoms with Crippen LogP contribution in [0.25, 0.3) is 0 Å². The summed E-state index contributed by atoms with van der Waals surface area (Å²) >= 11 is 0. The van der Waals surface area contributed by atoms with Crippen molar-refractivity contribution in [1.29, 1.82) is 0 Å². The van der Waals surface area contributed by atoms with Gasteiger partial charge in [0, 0.05) is 13.1 Å². The van der Waals surface area contributed by atoms with E-state index < -0.39 is 16.0 Å². The van der Waals surface area contributed by atoms with Crippen LogP contribution in [-0.2, 0) is 21.4 Å². The molecule has 3 rings (SSSR count). The molecular weight excluding hydrogens is 418 g/mol. The van der Waals surface area contributed by atoms with Crippen LogP contribution in [0.15, 0.2) is 47.4 Å². The number of benzene rings is 2. The van der Waals surface area contributed by atoms with Gasteiger partial charge in [0.15, 0.2) is 11.5 Å². The second-order valence-corrected chi connectivity index (χ2v) is 10.00. The van der Waals surface area contributed by atoms with Crippen molar-refractivity contribution in [3.63, 3.8) is 0 Å². The lowest BCUT2D eigenvalue weighted by atomic mass is 9.94. The monoisotopic (exact) mass is 447 g/mol. The zero-order valence-electron chi connectivity index (χ0n) is 18.3. The lowest BCUT2D eigenvalue weighted by Gasteiger charge is -2.34. The van der Waals surface area contributed by atoms with Gasteiger partial charge in [-0.05, 0) is 54.2 Å². The summed E-state index contributed by atoms with van der Waals surface area (Å²) in [6.45, 7) is 5.11. The van der Waals surface area contributed by atoms with Gasteiger partial charge in [0.05, 0.1) is 24.7 Å². The van der Waals surface area contributed by atoms with E-state index in [1.807, 2.05) is 0 Å². The summed E-state index contributed by atoms with van der Waals surface area (Å²) in [5.74, 6) is 1.12. The molecule has 2 aromatic rings. The van der Waals surface area contributed by atoms with Crippen LogP contribution >= 0.6 is 0 Å². The van der Waals surface area contributed by atoms with Gasteiger partial charge in [-0.1, -0.05) is 26.0 Å². The number of carbonyl (C=O) groups excluding carboxylic acids is 1. The normalized spacial score (nSPS) is 19.6. The molecule has 2 atom stereocenters. The number of nitrogens with zero attached hydrogens (tertiary/aromatic N) is 1. The second kappa shape index (κ2) is 9.70. The lowest BCUT2D eigenvalue weighted by Crippen LogP contribution is -2.42. The maximum absolute atomic E-state index is 13.1. The average Bonchev–Trinajstić information content (AvgIpc) is 2.76. The molecule has 1 fully saturated rings.